The van der Waals surface area contributed by atoms with Crippen LogP contribution in [0.1, 0.15) is 0 Å². The van der Waals surface area contributed by atoms with Crippen molar-refractivity contribution in [3.63, 3.8) is 0 Å². The van der Waals surface area contributed by atoms with E-state index in [0.717, 1.165) is 5.56 Å². The Kier molecular flexibility index (Phi) is 7.85. The predicted molar refractivity (Wildman–Crippen MR) is 86.2 cm³/mol. The average molecular weight is 494 g/mol. The fourth-order valence-corrected chi connectivity index (χ4v) is 2.49. The molecule has 0 spiro atoms. The fraction of sp³-hybridized carbons (Fsp3) is 0.214. The third kappa shape index (κ3) is 4.51. The van der Waals surface area contributed by atoms with Crippen molar-refractivity contribution < 1.29 is 42.2 Å². The first-order valence-electron chi connectivity index (χ1n) is 5.73. The molecule has 0 aliphatic rings. The molecule has 7 heteroatoms. The molecule has 109 valence electrons. The number of hydrogen-bond acceptors (Lipinski definition) is 3. The van der Waals surface area contributed by atoms with Gasteiger partial charge in [0.2, 0.25) is 5.56 Å². The molecule has 2 rings (SSSR count). The van der Waals surface area contributed by atoms with E-state index in [1.807, 2.05) is 22.6 Å². The van der Waals surface area contributed by atoms with E-state index in [4.69, 9.17) is 21.1 Å². The molecule has 0 aliphatic heterocycles. The molecular formula is C14H12ClINO3Y-. The molecule has 21 heavy (non-hydrogen) atoms. The molecule has 0 amide bonds. The van der Waals surface area contributed by atoms with Gasteiger partial charge in [-0.05, 0) is 20.7 Å². The topological polar surface area (TPSA) is 40.5 Å². The summed E-state index contributed by atoms with van der Waals surface area (Å²) in [6, 6.07) is 9.99. The van der Waals surface area contributed by atoms with E-state index in [2.05, 4.69) is 6.07 Å². The molecule has 4 nitrogen and oxygen atoms in total. The van der Waals surface area contributed by atoms with Gasteiger partial charge < -0.3 is 14.0 Å². The van der Waals surface area contributed by atoms with E-state index in [1.165, 1.54) is 4.57 Å². The van der Waals surface area contributed by atoms with Gasteiger partial charge >= 0.3 is 0 Å². The van der Waals surface area contributed by atoms with Crippen molar-refractivity contribution in [3.05, 3.63) is 49.3 Å². The summed E-state index contributed by atoms with van der Waals surface area (Å²) in [5.41, 5.74) is 1.29. The van der Waals surface area contributed by atoms with Crippen LogP contribution in [-0.2, 0) is 44.5 Å². The van der Waals surface area contributed by atoms with Crippen LogP contribution in [0, 0.1) is 9.64 Å². The number of ether oxygens (including phenoxy) is 2. The zero-order valence-electron chi connectivity index (χ0n) is 11.5. The van der Waals surface area contributed by atoms with Crippen LogP contribution >= 0.6 is 34.2 Å². The van der Waals surface area contributed by atoms with Crippen LogP contribution in [0.4, 0.5) is 0 Å². The Morgan fingerprint density at radius 3 is 2.76 bits per heavy atom. The van der Waals surface area contributed by atoms with Gasteiger partial charge in [-0.15, -0.1) is 28.7 Å². The monoisotopic (exact) mass is 493 g/mol. The summed E-state index contributed by atoms with van der Waals surface area (Å²) in [5, 5.41) is 0.492. The Bertz CT molecular complexity index is 690. The molecule has 0 fully saturated rings. The first kappa shape index (κ1) is 19.1. The van der Waals surface area contributed by atoms with Crippen molar-refractivity contribution in [1.29, 1.82) is 0 Å². The summed E-state index contributed by atoms with van der Waals surface area (Å²) in [6.45, 7) is 0.157. The largest absolute Gasteiger partial charge is 0.468 e. The maximum atomic E-state index is 11.9. The number of rotatable bonds is 4. The van der Waals surface area contributed by atoms with Gasteiger partial charge in [-0.3, -0.25) is 4.79 Å². The Hall–Kier alpha value is 0.0539. The molecular weight excluding hydrogens is 481 g/mol. The van der Waals surface area contributed by atoms with Crippen molar-refractivity contribution >= 4 is 34.2 Å². The standard InChI is InChI=1S/C14H12ClINO3.Y/c1-17-13(6-5-12(16)14(17)18)10-4-3-9(7-11(10)15)20-8-19-2;/h3-5,7H,8H2,1-2H3;/q-1;. The summed E-state index contributed by atoms with van der Waals surface area (Å²) in [5.74, 6) is 0.608. The van der Waals surface area contributed by atoms with E-state index < -0.39 is 0 Å². The first-order chi connectivity index (χ1) is 9.54. The molecule has 0 saturated carbocycles. The van der Waals surface area contributed by atoms with Crippen LogP contribution in [0.2, 0.25) is 5.02 Å². The zero-order valence-corrected chi connectivity index (χ0v) is 17.3. The first-order valence-corrected chi connectivity index (χ1v) is 7.19. The van der Waals surface area contributed by atoms with Gasteiger partial charge in [0.05, 0.1) is 0 Å². The van der Waals surface area contributed by atoms with E-state index in [-0.39, 0.29) is 45.1 Å². The molecule has 0 N–H and O–H groups in total. The van der Waals surface area contributed by atoms with Gasteiger partial charge in [0.25, 0.3) is 0 Å². The van der Waals surface area contributed by atoms with E-state index in [0.29, 0.717) is 20.0 Å². The Morgan fingerprint density at radius 2 is 2.14 bits per heavy atom. The van der Waals surface area contributed by atoms with Crippen LogP contribution < -0.4 is 10.3 Å². The smallest absolute Gasteiger partial charge is 0.207 e. The van der Waals surface area contributed by atoms with Crippen LogP contribution in [-0.4, -0.2) is 18.5 Å². The number of hydrogen-bond donors (Lipinski definition) is 0. The Balaban J connectivity index is 0.00000220. The number of nitrogens with zero attached hydrogens (tertiary/aromatic N) is 1. The van der Waals surface area contributed by atoms with Crippen molar-refractivity contribution in [3.8, 4) is 17.0 Å². The summed E-state index contributed by atoms with van der Waals surface area (Å²) < 4.78 is 12.3. The third-order valence-electron chi connectivity index (χ3n) is 2.72. The SMILES string of the molecule is COCOc1ccc(-c2[c-]cc(I)c(=O)n2C)c(Cl)c1.[Y]. The minimum Gasteiger partial charge on any atom is -0.468 e. The minimum atomic E-state index is -0.0740. The van der Waals surface area contributed by atoms with Gasteiger partial charge in [0.15, 0.2) is 6.79 Å². The maximum absolute atomic E-state index is 11.9. The van der Waals surface area contributed by atoms with E-state index >= 15 is 0 Å². The maximum Gasteiger partial charge on any atom is 0.207 e. The van der Waals surface area contributed by atoms with Crippen molar-refractivity contribution in [2.75, 3.05) is 13.9 Å². The quantitative estimate of drug-likeness (QED) is 0.374. The average Bonchev–Trinajstić information content (AvgIpc) is 2.44. The number of halogens is 2. The molecule has 0 unspecified atom stereocenters. The second kappa shape index (κ2) is 8.62. The van der Waals surface area contributed by atoms with Gasteiger partial charge in [0.1, 0.15) is 5.75 Å². The molecule has 0 saturated heterocycles. The van der Waals surface area contributed by atoms with E-state index in [9.17, 15) is 4.79 Å². The molecule has 1 aromatic carbocycles. The normalized spacial score (nSPS) is 10.1. The molecule has 1 radical (unpaired) electrons. The Labute approximate surface area is 166 Å². The van der Waals surface area contributed by atoms with Crippen molar-refractivity contribution in [1.82, 2.24) is 4.57 Å². The van der Waals surface area contributed by atoms with Gasteiger partial charge in [-0.25, -0.2) is 0 Å². The number of methoxy groups -OCH3 is 1. The molecule has 2 aromatic rings. The van der Waals surface area contributed by atoms with Crippen molar-refractivity contribution in [2.24, 2.45) is 7.05 Å². The second-order valence-electron chi connectivity index (χ2n) is 4.04. The van der Waals surface area contributed by atoms with Gasteiger partial charge in [-0.2, -0.15) is 12.1 Å². The van der Waals surface area contributed by atoms with Crippen LogP contribution in [0.5, 0.6) is 5.75 Å². The summed E-state index contributed by atoms with van der Waals surface area (Å²) in [6.07, 6.45) is 0. The van der Waals surface area contributed by atoms with Crippen LogP contribution in [0.15, 0.2) is 29.1 Å². The molecule has 1 heterocycles. The molecule has 0 atom stereocenters. The summed E-state index contributed by atoms with van der Waals surface area (Å²) in [7, 11) is 3.24. The molecule has 0 bridgehead atoms. The van der Waals surface area contributed by atoms with Crippen LogP contribution in [0.25, 0.3) is 11.3 Å². The fourth-order valence-electron chi connectivity index (χ4n) is 1.72. The third-order valence-corrected chi connectivity index (χ3v) is 3.80. The summed E-state index contributed by atoms with van der Waals surface area (Å²) >= 11 is 8.23. The Morgan fingerprint density at radius 1 is 1.43 bits per heavy atom. The number of benzene rings is 1. The number of pyridine rings is 1. The zero-order chi connectivity index (χ0) is 14.7. The van der Waals surface area contributed by atoms with Crippen molar-refractivity contribution in [2.45, 2.75) is 0 Å². The van der Waals surface area contributed by atoms with Gasteiger partial charge in [-0.1, -0.05) is 22.9 Å². The summed E-state index contributed by atoms with van der Waals surface area (Å²) in [4.78, 5) is 11.9. The molecule has 1 aromatic heterocycles. The second-order valence-corrected chi connectivity index (χ2v) is 5.61. The number of aromatic nitrogens is 1. The van der Waals surface area contributed by atoms with Crippen LogP contribution in [0.3, 0.4) is 0 Å². The van der Waals surface area contributed by atoms with Gasteiger partial charge in [0, 0.05) is 46.9 Å². The molecule has 0 aliphatic carbocycles. The minimum absolute atomic E-state index is 0. The predicted octanol–water partition coefficient (Wildman–Crippen LogP) is 3.09. The van der Waals surface area contributed by atoms with E-state index in [1.54, 1.807) is 38.4 Å².